The van der Waals surface area contributed by atoms with E-state index in [-0.39, 0.29) is 5.91 Å². The SMILES string of the molecule is CCc1nn(C)c(CNCCC(=O)NCC(C)C)c1Br. The van der Waals surface area contributed by atoms with Crippen LogP contribution in [0.15, 0.2) is 4.47 Å². The van der Waals surface area contributed by atoms with Crippen LogP contribution in [0.4, 0.5) is 0 Å². The summed E-state index contributed by atoms with van der Waals surface area (Å²) in [6, 6.07) is 0. The standard InChI is InChI=1S/C14H25BrN4O/c1-5-11-14(15)12(19(4)18-11)9-16-7-6-13(20)17-8-10(2)3/h10,16H,5-9H2,1-4H3,(H,17,20). The van der Waals surface area contributed by atoms with Gasteiger partial charge in [-0.05, 0) is 28.3 Å². The van der Waals surface area contributed by atoms with E-state index in [9.17, 15) is 4.79 Å². The third kappa shape index (κ3) is 5.25. The highest BCUT2D eigenvalue weighted by Gasteiger charge is 2.11. The fourth-order valence-electron chi connectivity index (χ4n) is 1.83. The lowest BCUT2D eigenvalue weighted by atomic mass is 10.2. The maximum Gasteiger partial charge on any atom is 0.221 e. The van der Waals surface area contributed by atoms with E-state index in [1.54, 1.807) is 0 Å². The molecule has 0 atom stereocenters. The highest BCUT2D eigenvalue weighted by Crippen LogP contribution is 2.21. The van der Waals surface area contributed by atoms with Crippen LogP contribution in [0.5, 0.6) is 0 Å². The van der Waals surface area contributed by atoms with Crippen LogP contribution in [0.2, 0.25) is 0 Å². The number of aromatic nitrogens is 2. The van der Waals surface area contributed by atoms with Gasteiger partial charge in [-0.2, -0.15) is 5.10 Å². The van der Waals surface area contributed by atoms with Gasteiger partial charge < -0.3 is 10.6 Å². The Balaban J connectivity index is 2.31. The Morgan fingerprint density at radius 3 is 2.70 bits per heavy atom. The molecule has 0 aliphatic heterocycles. The summed E-state index contributed by atoms with van der Waals surface area (Å²) >= 11 is 3.58. The smallest absolute Gasteiger partial charge is 0.221 e. The minimum Gasteiger partial charge on any atom is -0.356 e. The first-order chi connectivity index (χ1) is 9.45. The number of aryl methyl sites for hydroxylation is 2. The minimum absolute atomic E-state index is 0.101. The summed E-state index contributed by atoms with van der Waals surface area (Å²) in [5.74, 6) is 0.592. The summed E-state index contributed by atoms with van der Waals surface area (Å²) in [6.07, 6.45) is 1.41. The fraction of sp³-hybridized carbons (Fsp3) is 0.714. The van der Waals surface area contributed by atoms with Crippen LogP contribution in [-0.2, 0) is 24.8 Å². The first-order valence-electron chi connectivity index (χ1n) is 7.13. The average molecular weight is 345 g/mol. The fourth-order valence-corrected chi connectivity index (χ4v) is 2.58. The predicted molar refractivity (Wildman–Crippen MR) is 84.5 cm³/mol. The Morgan fingerprint density at radius 1 is 1.45 bits per heavy atom. The molecule has 0 aliphatic carbocycles. The molecule has 0 radical (unpaired) electrons. The third-order valence-electron chi connectivity index (χ3n) is 3.03. The van der Waals surface area contributed by atoms with E-state index in [0.717, 1.165) is 28.8 Å². The molecule has 0 aliphatic rings. The molecule has 1 aromatic rings. The first-order valence-corrected chi connectivity index (χ1v) is 7.92. The molecule has 20 heavy (non-hydrogen) atoms. The van der Waals surface area contributed by atoms with Crippen molar-refractivity contribution in [3.63, 3.8) is 0 Å². The van der Waals surface area contributed by atoms with Crippen LogP contribution in [0, 0.1) is 5.92 Å². The Labute approximate surface area is 129 Å². The molecule has 0 saturated carbocycles. The van der Waals surface area contributed by atoms with Crippen molar-refractivity contribution in [2.75, 3.05) is 13.1 Å². The quantitative estimate of drug-likeness (QED) is 0.709. The summed E-state index contributed by atoms with van der Waals surface area (Å²) in [5.41, 5.74) is 2.18. The Hall–Kier alpha value is -0.880. The number of hydrogen-bond donors (Lipinski definition) is 2. The summed E-state index contributed by atoms with van der Waals surface area (Å²) in [6.45, 7) is 8.38. The Morgan fingerprint density at radius 2 is 2.15 bits per heavy atom. The van der Waals surface area contributed by atoms with E-state index in [4.69, 9.17) is 0 Å². The summed E-state index contributed by atoms with van der Waals surface area (Å²) < 4.78 is 2.95. The zero-order valence-electron chi connectivity index (χ0n) is 12.8. The topological polar surface area (TPSA) is 59.0 Å². The summed E-state index contributed by atoms with van der Waals surface area (Å²) in [5, 5.41) is 10.6. The number of rotatable bonds is 8. The molecule has 1 rings (SSSR count). The zero-order chi connectivity index (χ0) is 15.1. The highest BCUT2D eigenvalue weighted by atomic mass is 79.9. The average Bonchev–Trinajstić information content (AvgIpc) is 2.67. The van der Waals surface area contributed by atoms with Crippen molar-refractivity contribution in [2.24, 2.45) is 13.0 Å². The second-order valence-electron chi connectivity index (χ2n) is 5.31. The maximum absolute atomic E-state index is 11.6. The number of carbonyl (C=O) groups excluding carboxylic acids is 1. The van der Waals surface area contributed by atoms with E-state index in [2.05, 4.69) is 52.4 Å². The van der Waals surface area contributed by atoms with Gasteiger partial charge in [-0.25, -0.2) is 0 Å². The predicted octanol–water partition coefficient (Wildman–Crippen LogP) is 2.00. The van der Waals surface area contributed by atoms with Crippen molar-refractivity contribution >= 4 is 21.8 Å². The van der Waals surface area contributed by atoms with E-state index in [0.29, 0.717) is 25.4 Å². The highest BCUT2D eigenvalue weighted by molar-refractivity contribution is 9.10. The molecule has 114 valence electrons. The second kappa shape index (κ2) is 8.42. The molecule has 0 spiro atoms. The molecule has 2 N–H and O–H groups in total. The molecular weight excluding hydrogens is 320 g/mol. The van der Waals surface area contributed by atoms with Crippen molar-refractivity contribution in [3.8, 4) is 0 Å². The van der Waals surface area contributed by atoms with Gasteiger partial charge in [0.1, 0.15) is 0 Å². The minimum atomic E-state index is 0.101. The normalized spacial score (nSPS) is 11.1. The molecule has 0 bridgehead atoms. The van der Waals surface area contributed by atoms with E-state index < -0.39 is 0 Å². The van der Waals surface area contributed by atoms with Gasteiger partial charge in [0.05, 0.1) is 15.9 Å². The number of halogens is 1. The molecule has 6 heteroatoms. The van der Waals surface area contributed by atoms with Crippen LogP contribution in [0.25, 0.3) is 0 Å². The van der Waals surface area contributed by atoms with Crippen LogP contribution in [-0.4, -0.2) is 28.8 Å². The molecule has 0 fully saturated rings. The van der Waals surface area contributed by atoms with E-state index in [1.165, 1.54) is 0 Å². The van der Waals surface area contributed by atoms with Crippen molar-refractivity contribution in [2.45, 2.75) is 40.2 Å². The van der Waals surface area contributed by atoms with E-state index in [1.807, 2.05) is 11.7 Å². The Bertz CT molecular complexity index is 443. The number of nitrogens with zero attached hydrogens (tertiary/aromatic N) is 2. The third-order valence-corrected chi connectivity index (χ3v) is 3.95. The monoisotopic (exact) mass is 344 g/mol. The van der Waals surface area contributed by atoms with Crippen molar-refractivity contribution in [1.29, 1.82) is 0 Å². The molecule has 0 aromatic carbocycles. The number of nitrogens with one attached hydrogen (secondary N) is 2. The molecule has 0 unspecified atom stereocenters. The summed E-state index contributed by atoms with van der Waals surface area (Å²) in [4.78, 5) is 11.6. The van der Waals surface area contributed by atoms with E-state index >= 15 is 0 Å². The van der Waals surface area contributed by atoms with Gasteiger partial charge in [-0.1, -0.05) is 20.8 Å². The largest absolute Gasteiger partial charge is 0.356 e. The van der Waals surface area contributed by atoms with Crippen LogP contribution in [0.1, 0.15) is 38.6 Å². The van der Waals surface area contributed by atoms with Gasteiger partial charge in [-0.15, -0.1) is 0 Å². The maximum atomic E-state index is 11.6. The van der Waals surface area contributed by atoms with Gasteiger partial charge in [0.25, 0.3) is 0 Å². The van der Waals surface area contributed by atoms with Crippen LogP contribution in [0.3, 0.4) is 0 Å². The van der Waals surface area contributed by atoms with Crippen LogP contribution >= 0.6 is 15.9 Å². The number of hydrogen-bond acceptors (Lipinski definition) is 3. The lowest BCUT2D eigenvalue weighted by Crippen LogP contribution is -2.30. The van der Waals surface area contributed by atoms with Crippen LogP contribution < -0.4 is 10.6 Å². The number of amides is 1. The molecule has 5 nitrogen and oxygen atoms in total. The second-order valence-corrected chi connectivity index (χ2v) is 6.10. The molecule has 1 heterocycles. The molecular formula is C14H25BrN4O. The van der Waals surface area contributed by atoms with Gasteiger partial charge in [-0.3, -0.25) is 9.48 Å². The van der Waals surface area contributed by atoms with Gasteiger partial charge >= 0.3 is 0 Å². The molecule has 1 aromatic heterocycles. The van der Waals surface area contributed by atoms with Crippen molar-refractivity contribution < 1.29 is 4.79 Å². The zero-order valence-corrected chi connectivity index (χ0v) is 14.4. The Kier molecular flexibility index (Phi) is 7.23. The number of carbonyl (C=O) groups is 1. The van der Waals surface area contributed by atoms with Gasteiger partial charge in [0, 0.05) is 33.1 Å². The first kappa shape index (κ1) is 17.2. The van der Waals surface area contributed by atoms with Crippen molar-refractivity contribution in [3.05, 3.63) is 15.9 Å². The van der Waals surface area contributed by atoms with Gasteiger partial charge in [0.15, 0.2) is 0 Å². The van der Waals surface area contributed by atoms with Gasteiger partial charge in [0.2, 0.25) is 5.91 Å². The lowest BCUT2D eigenvalue weighted by Gasteiger charge is -2.08. The molecule has 1 amide bonds. The van der Waals surface area contributed by atoms with Crippen molar-refractivity contribution in [1.82, 2.24) is 20.4 Å². The lowest BCUT2D eigenvalue weighted by molar-refractivity contribution is -0.121. The molecule has 0 saturated heterocycles. The summed E-state index contributed by atoms with van der Waals surface area (Å²) in [7, 11) is 1.94.